The van der Waals surface area contributed by atoms with Crippen LogP contribution in [0.5, 0.6) is 0 Å². The number of rotatable bonds is 5. The van der Waals surface area contributed by atoms with Crippen LogP contribution in [0.1, 0.15) is 30.6 Å². The molecule has 1 rings (SSSR count). The van der Waals surface area contributed by atoms with E-state index in [2.05, 4.69) is 27.9 Å². The lowest BCUT2D eigenvalue weighted by atomic mass is 9.99. The van der Waals surface area contributed by atoms with Gasteiger partial charge in [-0.3, -0.25) is 4.79 Å². The van der Waals surface area contributed by atoms with Gasteiger partial charge in [0.05, 0.1) is 12.7 Å². The second-order valence-electron chi connectivity index (χ2n) is 4.34. The first-order valence-electron chi connectivity index (χ1n) is 6.14. The number of benzene rings is 1. The zero-order chi connectivity index (χ0) is 14.4. The smallest absolute Gasteiger partial charge is 0.328 e. The fraction of sp³-hybridized carbons (Fsp3) is 0.429. The summed E-state index contributed by atoms with van der Waals surface area (Å²) in [6, 6.07) is 6.64. The Morgan fingerprint density at radius 1 is 1.37 bits per heavy atom. The summed E-state index contributed by atoms with van der Waals surface area (Å²) >= 11 is 2.10. The van der Waals surface area contributed by atoms with Crippen LogP contribution in [0.25, 0.3) is 0 Å². The summed E-state index contributed by atoms with van der Waals surface area (Å²) < 4.78 is 5.60. The molecule has 1 amide bonds. The van der Waals surface area contributed by atoms with Crippen LogP contribution in [-0.4, -0.2) is 25.0 Å². The molecule has 1 aromatic carbocycles. The van der Waals surface area contributed by atoms with Gasteiger partial charge in [-0.05, 0) is 40.6 Å². The largest absolute Gasteiger partial charge is 0.467 e. The minimum Gasteiger partial charge on any atom is -0.467 e. The van der Waals surface area contributed by atoms with E-state index in [1.54, 1.807) is 12.1 Å². The maximum Gasteiger partial charge on any atom is 0.328 e. The van der Waals surface area contributed by atoms with E-state index in [-0.39, 0.29) is 11.8 Å². The molecule has 4 nitrogen and oxygen atoms in total. The Hall–Kier alpha value is -1.11. The highest BCUT2D eigenvalue weighted by Crippen LogP contribution is 2.14. The first-order chi connectivity index (χ1) is 9.01. The summed E-state index contributed by atoms with van der Waals surface area (Å²) in [6.45, 7) is 3.89. The minimum absolute atomic E-state index is 0.0257. The third-order valence-corrected chi connectivity index (χ3v) is 4.01. The Bertz CT molecular complexity index is 462. The normalized spacial score (nSPS) is 13.5. The van der Waals surface area contributed by atoms with Gasteiger partial charge in [0.15, 0.2) is 0 Å². The highest BCUT2D eigenvalue weighted by Gasteiger charge is 2.27. The molecule has 0 aliphatic heterocycles. The van der Waals surface area contributed by atoms with Gasteiger partial charge in [-0.1, -0.05) is 32.4 Å². The first-order valence-corrected chi connectivity index (χ1v) is 7.22. The monoisotopic (exact) mass is 375 g/mol. The van der Waals surface area contributed by atoms with E-state index in [9.17, 15) is 9.59 Å². The van der Waals surface area contributed by atoms with Crippen LogP contribution < -0.4 is 5.32 Å². The van der Waals surface area contributed by atoms with Gasteiger partial charge >= 0.3 is 5.97 Å². The van der Waals surface area contributed by atoms with Crippen molar-refractivity contribution in [2.24, 2.45) is 5.92 Å². The molecular weight excluding hydrogens is 357 g/mol. The van der Waals surface area contributed by atoms with Crippen LogP contribution in [-0.2, 0) is 9.53 Å². The molecule has 2 atom stereocenters. The lowest BCUT2D eigenvalue weighted by Gasteiger charge is -2.22. The lowest BCUT2D eigenvalue weighted by Crippen LogP contribution is -2.45. The van der Waals surface area contributed by atoms with Gasteiger partial charge in [-0.15, -0.1) is 0 Å². The van der Waals surface area contributed by atoms with Crippen LogP contribution in [0, 0.1) is 9.49 Å². The van der Waals surface area contributed by atoms with Crippen molar-refractivity contribution in [1.29, 1.82) is 0 Å². The SMILES string of the molecule is CCC(C)C(NC(=O)c1ccccc1I)C(=O)OC. The van der Waals surface area contributed by atoms with Crippen molar-refractivity contribution in [3.8, 4) is 0 Å². The number of hydrogen-bond donors (Lipinski definition) is 1. The molecule has 5 heteroatoms. The van der Waals surface area contributed by atoms with Crippen LogP contribution in [0.4, 0.5) is 0 Å². The highest BCUT2D eigenvalue weighted by atomic mass is 127. The molecule has 0 saturated carbocycles. The molecule has 0 aliphatic rings. The number of halogens is 1. The lowest BCUT2D eigenvalue weighted by molar-refractivity contribution is -0.144. The third-order valence-electron chi connectivity index (χ3n) is 3.07. The van der Waals surface area contributed by atoms with E-state index in [1.807, 2.05) is 26.0 Å². The van der Waals surface area contributed by atoms with Crippen molar-refractivity contribution < 1.29 is 14.3 Å². The van der Waals surface area contributed by atoms with Gasteiger partial charge in [-0.25, -0.2) is 4.79 Å². The van der Waals surface area contributed by atoms with Crippen LogP contribution in [0.2, 0.25) is 0 Å². The molecule has 0 heterocycles. The number of ether oxygens (including phenoxy) is 1. The first kappa shape index (κ1) is 15.9. The third kappa shape index (κ3) is 4.19. The van der Waals surface area contributed by atoms with Gasteiger partial charge in [0.2, 0.25) is 0 Å². The van der Waals surface area contributed by atoms with Gasteiger partial charge in [-0.2, -0.15) is 0 Å². The zero-order valence-corrected chi connectivity index (χ0v) is 13.4. The molecule has 2 unspecified atom stereocenters. The number of esters is 1. The number of amides is 1. The Morgan fingerprint density at radius 2 is 2.00 bits per heavy atom. The molecular formula is C14H18INO3. The number of hydrogen-bond acceptors (Lipinski definition) is 3. The average molecular weight is 375 g/mol. The van der Waals surface area contributed by atoms with Crippen LogP contribution in [0.3, 0.4) is 0 Å². The van der Waals surface area contributed by atoms with Gasteiger partial charge in [0.25, 0.3) is 5.91 Å². The van der Waals surface area contributed by atoms with E-state index in [1.165, 1.54) is 7.11 Å². The molecule has 0 radical (unpaired) electrons. The van der Waals surface area contributed by atoms with E-state index < -0.39 is 12.0 Å². The standard InChI is InChI=1S/C14H18INO3/c1-4-9(2)12(14(18)19-3)16-13(17)10-7-5-6-8-11(10)15/h5-9,12H,4H2,1-3H3,(H,16,17). The van der Waals surface area contributed by atoms with Crippen LogP contribution >= 0.6 is 22.6 Å². The minimum atomic E-state index is -0.612. The summed E-state index contributed by atoms with van der Waals surface area (Å²) in [5, 5.41) is 2.76. The Kier molecular flexibility index (Phi) is 6.27. The Morgan fingerprint density at radius 3 is 2.53 bits per heavy atom. The van der Waals surface area contributed by atoms with Crippen molar-refractivity contribution in [3.05, 3.63) is 33.4 Å². The molecule has 1 N–H and O–H groups in total. The molecule has 104 valence electrons. The van der Waals surface area contributed by atoms with Gasteiger partial charge < -0.3 is 10.1 Å². The maximum absolute atomic E-state index is 12.2. The zero-order valence-electron chi connectivity index (χ0n) is 11.3. The fourth-order valence-electron chi connectivity index (χ4n) is 1.66. The maximum atomic E-state index is 12.2. The Balaban J connectivity index is 2.88. The summed E-state index contributed by atoms with van der Waals surface area (Å²) in [5.74, 6) is -0.632. The molecule has 0 aromatic heterocycles. The molecule has 19 heavy (non-hydrogen) atoms. The molecule has 0 fully saturated rings. The number of methoxy groups -OCH3 is 1. The summed E-state index contributed by atoms with van der Waals surface area (Å²) in [6.07, 6.45) is 0.784. The molecule has 0 saturated heterocycles. The van der Waals surface area contributed by atoms with E-state index in [0.717, 1.165) is 9.99 Å². The predicted molar refractivity (Wildman–Crippen MR) is 81.9 cm³/mol. The highest BCUT2D eigenvalue weighted by molar-refractivity contribution is 14.1. The van der Waals surface area contributed by atoms with Crippen molar-refractivity contribution in [3.63, 3.8) is 0 Å². The number of carbonyl (C=O) groups is 2. The number of nitrogens with one attached hydrogen (secondary N) is 1. The van der Waals surface area contributed by atoms with Crippen molar-refractivity contribution in [2.45, 2.75) is 26.3 Å². The summed E-state index contributed by atoms with van der Waals surface area (Å²) in [4.78, 5) is 23.9. The van der Waals surface area contributed by atoms with Crippen LogP contribution in [0.15, 0.2) is 24.3 Å². The van der Waals surface area contributed by atoms with Gasteiger partial charge in [0.1, 0.15) is 6.04 Å². The molecule has 0 aliphatic carbocycles. The van der Waals surface area contributed by atoms with Crippen molar-refractivity contribution in [1.82, 2.24) is 5.32 Å². The second kappa shape index (κ2) is 7.47. The quantitative estimate of drug-likeness (QED) is 0.636. The fourth-order valence-corrected chi connectivity index (χ4v) is 2.29. The topological polar surface area (TPSA) is 55.4 Å². The predicted octanol–water partition coefficient (Wildman–Crippen LogP) is 2.61. The van der Waals surface area contributed by atoms with Crippen molar-refractivity contribution >= 4 is 34.5 Å². The van der Waals surface area contributed by atoms with Crippen molar-refractivity contribution in [2.75, 3.05) is 7.11 Å². The van der Waals surface area contributed by atoms with E-state index in [4.69, 9.17) is 4.74 Å². The van der Waals surface area contributed by atoms with Gasteiger partial charge in [0, 0.05) is 3.57 Å². The number of carbonyl (C=O) groups excluding carboxylic acids is 2. The molecule has 1 aromatic rings. The molecule has 0 spiro atoms. The molecule has 0 bridgehead atoms. The Labute approximate surface area is 127 Å². The summed E-state index contributed by atoms with van der Waals surface area (Å²) in [5.41, 5.74) is 0.570. The summed E-state index contributed by atoms with van der Waals surface area (Å²) in [7, 11) is 1.33. The van der Waals surface area contributed by atoms with E-state index in [0.29, 0.717) is 5.56 Å². The average Bonchev–Trinajstić information content (AvgIpc) is 2.43. The van der Waals surface area contributed by atoms with E-state index >= 15 is 0 Å². The second-order valence-corrected chi connectivity index (χ2v) is 5.50.